The Morgan fingerprint density at radius 2 is 1.92 bits per heavy atom. The molecule has 3 rings (SSSR count). The lowest BCUT2D eigenvalue weighted by Crippen LogP contribution is -2.49. The van der Waals surface area contributed by atoms with Crippen LogP contribution in [-0.2, 0) is 0 Å². The summed E-state index contributed by atoms with van der Waals surface area (Å²) in [6, 6.07) is 7.82. The lowest BCUT2D eigenvalue weighted by molar-refractivity contribution is 0.0495. The first kappa shape index (κ1) is 17.6. The molecule has 0 bridgehead atoms. The van der Waals surface area contributed by atoms with Crippen LogP contribution in [0.5, 0.6) is 0 Å². The van der Waals surface area contributed by atoms with Crippen LogP contribution < -0.4 is 0 Å². The Bertz CT molecular complexity index is 748. The van der Waals surface area contributed by atoms with E-state index in [1.165, 1.54) is 0 Å². The van der Waals surface area contributed by atoms with Gasteiger partial charge >= 0.3 is 0 Å². The summed E-state index contributed by atoms with van der Waals surface area (Å²) in [6.45, 7) is 9.15. The third-order valence-electron chi connectivity index (χ3n) is 4.72. The van der Waals surface area contributed by atoms with E-state index >= 15 is 0 Å². The summed E-state index contributed by atoms with van der Waals surface area (Å²) in [5.74, 6) is 0.177. The van der Waals surface area contributed by atoms with Gasteiger partial charge in [-0.05, 0) is 31.9 Å². The van der Waals surface area contributed by atoms with Crippen molar-refractivity contribution in [2.24, 2.45) is 0 Å². The monoisotopic (exact) mass is 343 g/mol. The third-order valence-corrected chi connectivity index (χ3v) is 4.72. The summed E-state index contributed by atoms with van der Waals surface area (Å²) in [6.07, 6.45) is -0.515. The molecule has 0 saturated carbocycles. The average molecular weight is 343 g/mol. The van der Waals surface area contributed by atoms with Crippen molar-refractivity contribution < 1.29 is 14.4 Å². The molecule has 6 heteroatoms. The Kier molecular flexibility index (Phi) is 5.20. The summed E-state index contributed by atoms with van der Waals surface area (Å²) in [5, 5.41) is 14.4. The zero-order valence-electron chi connectivity index (χ0n) is 15.0. The highest BCUT2D eigenvalue weighted by Gasteiger charge is 2.26. The molecule has 2 heterocycles. The summed E-state index contributed by atoms with van der Waals surface area (Å²) < 4.78 is 5.06. The first-order valence-corrected chi connectivity index (χ1v) is 8.64. The summed E-state index contributed by atoms with van der Waals surface area (Å²) in [5.41, 5.74) is 3.94. The Morgan fingerprint density at radius 3 is 2.56 bits per heavy atom. The highest BCUT2D eigenvalue weighted by atomic mass is 16.5. The van der Waals surface area contributed by atoms with Gasteiger partial charge in [0.1, 0.15) is 0 Å². The van der Waals surface area contributed by atoms with Crippen molar-refractivity contribution in [2.45, 2.75) is 26.9 Å². The highest BCUT2D eigenvalue weighted by Crippen LogP contribution is 2.21. The zero-order chi connectivity index (χ0) is 18.0. The van der Waals surface area contributed by atoms with E-state index in [2.05, 4.69) is 16.1 Å². The second kappa shape index (κ2) is 7.37. The van der Waals surface area contributed by atoms with E-state index in [1.807, 2.05) is 26.0 Å². The van der Waals surface area contributed by atoms with E-state index in [9.17, 15) is 9.90 Å². The van der Waals surface area contributed by atoms with Crippen LogP contribution in [0.4, 0.5) is 0 Å². The van der Waals surface area contributed by atoms with Gasteiger partial charge in [0.05, 0.1) is 11.8 Å². The Labute approximate surface area is 148 Å². The molecule has 1 aromatic heterocycles. The number of β-amino-alcohol motifs (C(OH)–C–C–N with tert-alkyl or cyclic N) is 1. The summed E-state index contributed by atoms with van der Waals surface area (Å²) in [4.78, 5) is 16.3. The van der Waals surface area contributed by atoms with Crippen molar-refractivity contribution in [3.8, 4) is 0 Å². The van der Waals surface area contributed by atoms with Gasteiger partial charge in [-0.25, -0.2) is 0 Å². The van der Waals surface area contributed by atoms with Crippen molar-refractivity contribution in [1.29, 1.82) is 0 Å². The number of amides is 1. The van der Waals surface area contributed by atoms with Crippen LogP contribution in [0.25, 0.3) is 0 Å². The zero-order valence-corrected chi connectivity index (χ0v) is 15.0. The normalized spacial score (nSPS) is 16.9. The molecule has 25 heavy (non-hydrogen) atoms. The van der Waals surface area contributed by atoms with Crippen LogP contribution in [0.2, 0.25) is 0 Å². The standard InChI is InChI=1S/C19H25N3O3/c1-13-4-5-14(2)16(10-13)17(23)12-21-6-8-22(9-7-21)19(24)18-11-15(3)20-25-18/h4-5,10-11,17,23H,6-9,12H2,1-3H3. The molecule has 1 saturated heterocycles. The number of carbonyl (C=O) groups excluding carboxylic acids is 1. The minimum Gasteiger partial charge on any atom is -0.387 e. The molecule has 1 amide bonds. The molecule has 1 unspecified atom stereocenters. The molecule has 1 aromatic carbocycles. The second-order valence-electron chi connectivity index (χ2n) is 6.80. The minimum atomic E-state index is -0.515. The van der Waals surface area contributed by atoms with E-state index in [0.717, 1.165) is 29.8 Å². The maximum absolute atomic E-state index is 12.4. The Hall–Kier alpha value is -2.18. The fourth-order valence-corrected chi connectivity index (χ4v) is 3.22. The molecule has 0 radical (unpaired) electrons. The topological polar surface area (TPSA) is 69.8 Å². The van der Waals surface area contributed by atoms with Crippen LogP contribution in [0.3, 0.4) is 0 Å². The number of aliphatic hydroxyl groups is 1. The molecule has 1 atom stereocenters. The molecule has 1 aliphatic rings. The average Bonchev–Trinajstić information content (AvgIpc) is 3.03. The van der Waals surface area contributed by atoms with E-state index in [1.54, 1.807) is 17.9 Å². The lowest BCUT2D eigenvalue weighted by atomic mass is 10.0. The van der Waals surface area contributed by atoms with Crippen molar-refractivity contribution >= 4 is 5.91 Å². The number of rotatable bonds is 4. The summed E-state index contributed by atoms with van der Waals surface area (Å²) >= 11 is 0. The number of aromatic nitrogens is 1. The van der Waals surface area contributed by atoms with E-state index in [-0.39, 0.29) is 5.91 Å². The predicted octanol–water partition coefficient (Wildman–Crippen LogP) is 2.09. The van der Waals surface area contributed by atoms with Gasteiger partial charge in [-0.1, -0.05) is 28.9 Å². The molecule has 1 aliphatic heterocycles. The van der Waals surface area contributed by atoms with Gasteiger partial charge in [-0.2, -0.15) is 0 Å². The van der Waals surface area contributed by atoms with E-state index in [4.69, 9.17) is 4.52 Å². The van der Waals surface area contributed by atoms with Crippen molar-refractivity contribution in [2.75, 3.05) is 32.7 Å². The van der Waals surface area contributed by atoms with Gasteiger partial charge in [-0.3, -0.25) is 9.69 Å². The molecular weight excluding hydrogens is 318 g/mol. The van der Waals surface area contributed by atoms with Crippen LogP contribution in [0.1, 0.15) is 39.0 Å². The molecular formula is C19H25N3O3. The van der Waals surface area contributed by atoms with Gasteiger partial charge < -0.3 is 14.5 Å². The Morgan fingerprint density at radius 1 is 1.20 bits per heavy atom. The van der Waals surface area contributed by atoms with Gasteiger partial charge in [-0.15, -0.1) is 0 Å². The van der Waals surface area contributed by atoms with Crippen molar-refractivity contribution in [1.82, 2.24) is 15.0 Å². The van der Waals surface area contributed by atoms with Gasteiger partial charge in [0.2, 0.25) is 5.76 Å². The molecule has 0 spiro atoms. The molecule has 1 N–H and O–H groups in total. The largest absolute Gasteiger partial charge is 0.387 e. The number of benzene rings is 1. The number of aliphatic hydroxyl groups excluding tert-OH is 1. The molecule has 6 nitrogen and oxygen atoms in total. The van der Waals surface area contributed by atoms with Crippen LogP contribution in [0, 0.1) is 20.8 Å². The second-order valence-corrected chi connectivity index (χ2v) is 6.80. The van der Waals surface area contributed by atoms with Crippen LogP contribution in [-0.4, -0.2) is 58.7 Å². The number of hydrogen-bond acceptors (Lipinski definition) is 5. The maximum Gasteiger partial charge on any atom is 0.292 e. The first-order chi connectivity index (χ1) is 11.9. The van der Waals surface area contributed by atoms with Gasteiger partial charge in [0, 0.05) is 38.8 Å². The van der Waals surface area contributed by atoms with E-state index < -0.39 is 6.10 Å². The van der Waals surface area contributed by atoms with E-state index in [0.29, 0.717) is 31.1 Å². The number of carbonyl (C=O) groups is 1. The lowest BCUT2D eigenvalue weighted by Gasteiger charge is -2.35. The smallest absolute Gasteiger partial charge is 0.292 e. The van der Waals surface area contributed by atoms with Gasteiger partial charge in [0.25, 0.3) is 5.91 Å². The molecule has 2 aromatic rings. The fourth-order valence-electron chi connectivity index (χ4n) is 3.22. The molecule has 0 aliphatic carbocycles. The number of aryl methyl sites for hydroxylation is 3. The maximum atomic E-state index is 12.4. The quantitative estimate of drug-likeness (QED) is 0.920. The van der Waals surface area contributed by atoms with Crippen LogP contribution in [0.15, 0.2) is 28.8 Å². The number of nitrogens with zero attached hydrogens (tertiary/aromatic N) is 3. The fraction of sp³-hybridized carbons (Fsp3) is 0.474. The SMILES string of the molecule is Cc1ccc(C)c(C(O)CN2CCN(C(=O)c3cc(C)no3)CC2)c1. The van der Waals surface area contributed by atoms with Gasteiger partial charge in [0.15, 0.2) is 0 Å². The van der Waals surface area contributed by atoms with Crippen molar-refractivity contribution in [3.63, 3.8) is 0 Å². The number of hydrogen-bond donors (Lipinski definition) is 1. The minimum absolute atomic E-state index is 0.115. The highest BCUT2D eigenvalue weighted by molar-refractivity contribution is 5.91. The Balaban J connectivity index is 1.55. The van der Waals surface area contributed by atoms with Crippen molar-refractivity contribution in [3.05, 3.63) is 52.4 Å². The third kappa shape index (κ3) is 4.08. The molecule has 134 valence electrons. The molecule has 1 fully saturated rings. The van der Waals surface area contributed by atoms with Crippen LogP contribution >= 0.6 is 0 Å². The predicted molar refractivity (Wildman–Crippen MR) is 94.5 cm³/mol. The number of piperazine rings is 1. The first-order valence-electron chi connectivity index (χ1n) is 8.64. The summed E-state index contributed by atoms with van der Waals surface area (Å²) in [7, 11) is 0.